The van der Waals surface area contributed by atoms with Gasteiger partial charge >= 0.3 is 0 Å². The van der Waals surface area contributed by atoms with Crippen LogP contribution in [0, 0.1) is 0 Å². The van der Waals surface area contributed by atoms with Crippen LogP contribution in [-0.4, -0.2) is 33.6 Å². The van der Waals surface area contributed by atoms with Crippen LogP contribution < -0.4 is 16.4 Å². The third kappa shape index (κ3) is 3.20. The normalized spacial score (nSPS) is 22.4. The van der Waals surface area contributed by atoms with Crippen LogP contribution in [0.4, 0.5) is 5.13 Å². The average Bonchev–Trinajstić information content (AvgIpc) is 3.12. The molecule has 2 aliphatic heterocycles. The maximum absolute atomic E-state index is 13.1. The summed E-state index contributed by atoms with van der Waals surface area (Å²) in [6.07, 6.45) is 2.54. The molecule has 1 saturated heterocycles. The molecule has 3 heterocycles. The molecule has 1 aromatic heterocycles. The molecule has 4 N–H and O–H groups in total. The SMILES string of the molecule is NC1(c2csc(NCc3cccc4c3C(=O)N(C3CCC(=O)NC3=O)C4)n2)CC1. The van der Waals surface area contributed by atoms with Gasteiger partial charge in [-0.2, -0.15) is 0 Å². The largest absolute Gasteiger partial charge is 0.357 e. The third-order valence-corrected chi connectivity index (χ3v) is 6.67. The molecule has 2 fully saturated rings. The smallest absolute Gasteiger partial charge is 0.255 e. The van der Waals surface area contributed by atoms with E-state index in [0.29, 0.717) is 25.1 Å². The molecule has 8 nitrogen and oxygen atoms in total. The molecule has 5 rings (SSSR count). The van der Waals surface area contributed by atoms with Crippen LogP contribution in [0.25, 0.3) is 0 Å². The van der Waals surface area contributed by atoms with Crippen molar-refractivity contribution < 1.29 is 14.4 Å². The average molecular weight is 411 g/mol. The van der Waals surface area contributed by atoms with Gasteiger partial charge in [0.05, 0.1) is 11.2 Å². The van der Waals surface area contributed by atoms with Crippen molar-refractivity contribution in [2.75, 3.05) is 5.32 Å². The van der Waals surface area contributed by atoms with Gasteiger partial charge in [-0.15, -0.1) is 11.3 Å². The van der Waals surface area contributed by atoms with Crippen molar-refractivity contribution >= 4 is 34.2 Å². The number of rotatable bonds is 5. The van der Waals surface area contributed by atoms with Crippen LogP contribution in [0.1, 0.15) is 52.9 Å². The number of carbonyl (C=O) groups excluding carboxylic acids is 3. The quantitative estimate of drug-likeness (QED) is 0.642. The minimum Gasteiger partial charge on any atom is -0.357 e. The molecule has 150 valence electrons. The monoisotopic (exact) mass is 411 g/mol. The first-order valence-electron chi connectivity index (χ1n) is 9.69. The Morgan fingerprint density at radius 2 is 2.14 bits per heavy atom. The molecule has 9 heteroatoms. The van der Waals surface area contributed by atoms with Gasteiger partial charge in [0.2, 0.25) is 11.8 Å². The van der Waals surface area contributed by atoms with Crippen LogP contribution in [0.3, 0.4) is 0 Å². The van der Waals surface area contributed by atoms with E-state index in [1.54, 1.807) is 4.90 Å². The van der Waals surface area contributed by atoms with Gasteiger partial charge in [0.15, 0.2) is 5.13 Å². The van der Waals surface area contributed by atoms with E-state index >= 15 is 0 Å². The molecule has 2 aromatic rings. The predicted octanol–water partition coefficient (Wildman–Crippen LogP) is 1.46. The van der Waals surface area contributed by atoms with Gasteiger partial charge < -0.3 is 16.0 Å². The molecular formula is C20H21N5O3S. The maximum atomic E-state index is 13.1. The summed E-state index contributed by atoms with van der Waals surface area (Å²) in [4.78, 5) is 42.9. The van der Waals surface area contributed by atoms with Gasteiger partial charge in [-0.1, -0.05) is 18.2 Å². The first-order valence-corrected chi connectivity index (χ1v) is 10.6. The van der Waals surface area contributed by atoms with E-state index in [2.05, 4.69) is 15.6 Å². The van der Waals surface area contributed by atoms with E-state index in [0.717, 1.165) is 34.8 Å². The van der Waals surface area contributed by atoms with Crippen molar-refractivity contribution in [2.45, 2.75) is 50.4 Å². The number of hydrogen-bond donors (Lipinski definition) is 3. The molecule has 0 radical (unpaired) electrons. The second-order valence-electron chi connectivity index (χ2n) is 7.90. The fourth-order valence-electron chi connectivity index (χ4n) is 3.98. The summed E-state index contributed by atoms with van der Waals surface area (Å²) in [5.41, 5.74) is 9.26. The lowest BCUT2D eigenvalue weighted by molar-refractivity contribution is -0.136. The number of benzene rings is 1. The van der Waals surface area contributed by atoms with E-state index in [9.17, 15) is 14.4 Å². The Labute approximate surface area is 171 Å². The summed E-state index contributed by atoms with van der Waals surface area (Å²) in [7, 11) is 0. The van der Waals surface area contributed by atoms with Crippen molar-refractivity contribution in [3.63, 3.8) is 0 Å². The predicted molar refractivity (Wildman–Crippen MR) is 107 cm³/mol. The minimum atomic E-state index is -0.603. The van der Waals surface area contributed by atoms with Gasteiger partial charge in [-0.25, -0.2) is 4.98 Å². The van der Waals surface area contributed by atoms with E-state index in [4.69, 9.17) is 5.73 Å². The number of thiazole rings is 1. The van der Waals surface area contributed by atoms with E-state index in [1.807, 2.05) is 23.6 Å². The van der Waals surface area contributed by atoms with E-state index in [-0.39, 0.29) is 23.8 Å². The van der Waals surface area contributed by atoms with Crippen molar-refractivity contribution in [2.24, 2.45) is 5.73 Å². The highest BCUT2D eigenvalue weighted by molar-refractivity contribution is 7.13. The second-order valence-corrected chi connectivity index (χ2v) is 8.76. The Kier molecular flexibility index (Phi) is 4.18. The number of fused-ring (bicyclic) bond motifs is 1. The Morgan fingerprint density at radius 3 is 2.90 bits per heavy atom. The molecule has 0 spiro atoms. The Hall–Kier alpha value is -2.78. The fourth-order valence-corrected chi connectivity index (χ4v) is 4.80. The summed E-state index contributed by atoms with van der Waals surface area (Å²) in [5.74, 6) is -0.840. The summed E-state index contributed by atoms with van der Waals surface area (Å²) in [6, 6.07) is 5.14. The number of carbonyl (C=O) groups is 3. The maximum Gasteiger partial charge on any atom is 0.255 e. The zero-order valence-electron chi connectivity index (χ0n) is 15.7. The van der Waals surface area contributed by atoms with E-state index < -0.39 is 11.9 Å². The molecular weight excluding hydrogens is 390 g/mol. The first kappa shape index (κ1) is 18.3. The lowest BCUT2D eigenvalue weighted by atomic mass is 10.0. The van der Waals surface area contributed by atoms with Crippen molar-refractivity contribution in [3.05, 3.63) is 46.0 Å². The van der Waals surface area contributed by atoms with Crippen LogP contribution >= 0.6 is 11.3 Å². The molecule has 29 heavy (non-hydrogen) atoms. The molecule has 1 aliphatic carbocycles. The number of hydrogen-bond acceptors (Lipinski definition) is 7. The van der Waals surface area contributed by atoms with Crippen LogP contribution in [0.5, 0.6) is 0 Å². The number of amides is 3. The first-order chi connectivity index (χ1) is 13.9. The van der Waals surface area contributed by atoms with Crippen LogP contribution in [-0.2, 0) is 28.2 Å². The van der Waals surface area contributed by atoms with Gasteiger partial charge in [-0.05, 0) is 30.4 Å². The Balaban J connectivity index is 1.32. The summed E-state index contributed by atoms with van der Waals surface area (Å²) in [5, 5.41) is 8.40. The van der Waals surface area contributed by atoms with E-state index in [1.165, 1.54) is 11.3 Å². The number of anilines is 1. The number of nitrogens with zero attached hydrogens (tertiary/aromatic N) is 2. The molecule has 0 bridgehead atoms. The fraction of sp³-hybridized carbons (Fsp3) is 0.400. The molecule has 1 saturated carbocycles. The lowest BCUT2D eigenvalue weighted by Gasteiger charge is -2.29. The Morgan fingerprint density at radius 1 is 1.31 bits per heavy atom. The minimum absolute atomic E-state index is 0.161. The highest BCUT2D eigenvalue weighted by Crippen LogP contribution is 2.43. The molecule has 1 atom stereocenters. The van der Waals surface area contributed by atoms with Crippen molar-refractivity contribution in [1.29, 1.82) is 0 Å². The van der Waals surface area contributed by atoms with Gasteiger partial charge in [0.25, 0.3) is 5.91 Å². The number of piperidine rings is 1. The molecule has 3 amide bonds. The summed E-state index contributed by atoms with van der Waals surface area (Å²) in [6.45, 7) is 0.841. The molecule has 3 aliphatic rings. The van der Waals surface area contributed by atoms with Gasteiger partial charge in [0, 0.05) is 30.5 Å². The standard InChI is InChI=1S/C20H21N5O3S/c21-20(6-7-20)14-10-29-19(23-14)22-8-11-2-1-3-12-9-25(18(28)16(11)12)13-4-5-15(26)24-17(13)27/h1-3,10,13H,4-9,21H2,(H,22,23)(H,24,26,27). The molecule has 1 aromatic carbocycles. The van der Waals surface area contributed by atoms with Crippen molar-refractivity contribution in [1.82, 2.24) is 15.2 Å². The number of imide groups is 1. The van der Waals surface area contributed by atoms with Crippen LogP contribution in [0.2, 0.25) is 0 Å². The van der Waals surface area contributed by atoms with Crippen LogP contribution in [0.15, 0.2) is 23.6 Å². The topological polar surface area (TPSA) is 117 Å². The Bertz CT molecular complexity index is 1030. The number of nitrogens with one attached hydrogen (secondary N) is 2. The second kappa shape index (κ2) is 6.64. The van der Waals surface area contributed by atoms with Gasteiger partial charge in [-0.3, -0.25) is 19.7 Å². The number of aromatic nitrogens is 1. The highest BCUT2D eigenvalue weighted by atomic mass is 32.1. The van der Waals surface area contributed by atoms with Gasteiger partial charge in [0.1, 0.15) is 6.04 Å². The lowest BCUT2D eigenvalue weighted by Crippen LogP contribution is -2.52. The zero-order valence-corrected chi connectivity index (χ0v) is 16.6. The molecule has 1 unspecified atom stereocenters. The summed E-state index contributed by atoms with van der Waals surface area (Å²) < 4.78 is 0. The number of nitrogens with two attached hydrogens (primary N) is 1. The third-order valence-electron chi connectivity index (χ3n) is 5.87. The highest BCUT2D eigenvalue weighted by Gasteiger charge is 2.42. The summed E-state index contributed by atoms with van der Waals surface area (Å²) >= 11 is 1.51. The zero-order chi connectivity index (χ0) is 20.2. The van der Waals surface area contributed by atoms with Crippen molar-refractivity contribution in [3.8, 4) is 0 Å².